The number of rotatable bonds is 2. The molecule has 0 radical (unpaired) electrons. The van der Waals surface area contributed by atoms with E-state index in [1.165, 1.54) is 0 Å². The molecule has 0 heterocycles. The molecule has 0 aliphatic heterocycles. The van der Waals surface area contributed by atoms with Gasteiger partial charge in [-0.2, -0.15) is 0 Å². The number of alkyl carbamates (subject to hydrolysis) is 1. The van der Waals surface area contributed by atoms with Gasteiger partial charge in [-0.15, -0.1) is 0 Å². The molecule has 0 aliphatic rings. The highest BCUT2D eigenvalue weighted by molar-refractivity contribution is 6.19. The zero-order valence-corrected chi connectivity index (χ0v) is 7.11. The van der Waals surface area contributed by atoms with Gasteiger partial charge in [0.05, 0.1) is 0 Å². The molecule has 10 heavy (non-hydrogen) atoms. The molecule has 4 heteroatoms. The van der Waals surface area contributed by atoms with E-state index in [9.17, 15) is 4.79 Å². The van der Waals surface area contributed by atoms with Crippen LogP contribution in [0, 0.1) is 0 Å². The normalized spacial score (nSPS) is 12.9. The molecule has 0 aliphatic carbocycles. The predicted octanol–water partition coefficient (Wildman–Crippen LogP) is 1.71. The third kappa shape index (κ3) is 5.69. The first-order chi connectivity index (χ1) is 4.52. The molecule has 0 aromatic heterocycles. The maximum Gasteiger partial charge on any atom is 0.408 e. The number of alkyl halides is 1. The number of carbonyl (C=O) groups excluding carboxylic acids is 1. The summed E-state index contributed by atoms with van der Waals surface area (Å²) >= 11 is 5.37. The van der Waals surface area contributed by atoms with E-state index in [1.807, 2.05) is 13.8 Å². The molecular weight excluding hydrogens is 154 g/mol. The van der Waals surface area contributed by atoms with E-state index in [0.717, 1.165) is 0 Å². The van der Waals surface area contributed by atoms with Crippen LogP contribution in [0.2, 0.25) is 0 Å². The van der Waals surface area contributed by atoms with Gasteiger partial charge in [-0.3, -0.25) is 0 Å². The Morgan fingerprint density at radius 1 is 1.50 bits per heavy atom. The lowest BCUT2D eigenvalue weighted by molar-refractivity contribution is 0.136. The predicted molar refractivity (Wildman–Crippen MR) is 40.1 cm³/mol. The van der Waals surface area contributed by atoms with E-state index in [4.69, 9.17) is 11.6 Å². The van der Waals surface area contributed by atoms with Crippen LogP contribution in [0.4, 0.5) is 4.79 Å². The average Bonchev–Trinajstić information content (AvgIpc) is 1.58. The van der Waals surface area contributed by atoms with Gasteiger partial charge in [-0.05, 0) is 20.8 Å². The van der Waals surface area contributed by atoms with Crippen molar-refractivity contribution in [3.8, 4) is 0 Å². The molecule has 0 saturated carbocycles. The van der Waals surface area contributed by atoms with Gasteiger partial charge in [0.2, 0.25) is 0 Å². The van der Waals surface area contributed by atoms with Gasteiger partial charge >= 0.3 is 6.09 Å². The second-order valence-electron chi connectivity index (χ2n) is 2.25. The Hall–Kier alpha value is -0.440. The number of carbonyl (C=O) groups is 1. The van der Waals surface area contributed by atoms with Crippen LogP contribution in [0.5, 0.6) is 0 Å². The fourth-order valence-electron chi connectivity index (χ4n) is 0.417. The Morgan fingerprint density at radius 2 is 2.00 bits per heavy atom. The van der Waals surface area contributed by atoms with Crippen LogP contribution in [0.3, 0.4) is 0 Å². The lowest BCUT2D eigenvalue weighted by atomic mass is 10.4. The van der Waals surface area contributed by atoms with Gasteiger partial charge in [0.25, 0.3) is 0 Å². The third-order valence-corrected chi connectivity index (χ3v) is 0.765. The Morgan fingerprint density at radius 3 is 2.30 bits per heavy atom. The van der Waals surface area contributed by atoms with Gasteiger partial charge in [0.1, 0.15) is 0 Å². The maximum atomic E-state index is 10.6. The summed E-state index contributed by atoms with van der Waals surface area (Å²) in [6.45, 7) is 5.28. The minimum absolute atomic E-state index is 0.0860. The van der Waals surface area contributed by atoms with Crippen molar-refractivity contribution in [3.63, 3.8) is 0 Å². The number of hydrogen-bond acceptors (Lipinski definition) is 2. The topological polar surface area (TPSA) is 38.3 Å². The van der Waals surface area contributed by atoms with E-state index < -0.39 is 11.7 Å². The van der Waals surface area contributed by atoms with Crippen molar-refractivity contribution >= 4 is 17.7 Å². The molecule has 1 unspecified atom stereocenters. The highest BCUT2D eigenvalue weighted by Gasteiger charge is 2.05. The van der Waals surface area contributed by atoms with Crippen LogP contribution in [0.25, 0.3) is 0 Å². The van der Waals surface area contributed by atoms with Crippen LogP contribution in [0.15, 0.2) is 0 Å². The highest BCUT2D eigenvalue weighted by atomic mass is 35.5. The smallest absolute Gasteiger partial charge is 0.408 e. The summed E-state index contributed by atoms with van der Waals surface area (Å²) in [5.41, 5.74) is -0.571. The fraction of sp³-hybridized carbons (Fsp3) is 0.833. The zero-order chi connectivity index (χ0) is 8.15. The average molecular weight is 166 g/mol. The van der Waals surface area contributed by atoms with Crippen LogP contribution < -0.4 is 5.32 Å². The molecule has 1 amide bonds. The van der Waals surface area contributed by atoms with Crippen molar-refractivity contribution in [2.24, 2.45) is 0 Å². The van der Waals surface area contributed by atoms with Gasteiger partial charge < -0.3 is 10.1 Å². The molecule has 0 aromatic rings. The Bertz CT molecular complexity index is 102. The van der Waals surface area contributed by atoms with E-state index in [-0.39, 0.29) is 6.04 Å². The number of ether oxygens (including phenoxy) is 1. The molecule has 0 rings (SSSR count). The van der Waals surface area contributed by atoms with Gasteiger partial charge in [-0.25, -0.2) is 4.79 Å². The molecule has 0 fully saturated rings. The second-order valence-corrected chi connectivity index (χ2v) is 2.86. The Balaban J connectivity index is 3.44. The van der Waals surface area contributed by atoms with E-state index in [1.54, 1.807) is 6.92 Å². The minimum atomic E-state index is -0.571. The van der Waals surface area contributed by atoms with Crippen molar-refractivity contribution in [2.45, 2.75) is 32.4 Å². The molecule has 3 nitrogen and oxygen atoms in total. The lowest BCUT2D eigenvalue weighted by Crippen LogP contribution is -2.31. The summed E-state index contributed by atoms with van der Waals surface area (Å²) in [5, 5.41) is 2.53. The number of amides is 1. The highest BCUT2D eigenvalue weighted by Crippen LogP contribution is 1.95. The lowest BCUT2D eigenvalue weighted by Gasteiger charge is -2.09. The van der Waals surface area contributed by atoms with Crippen molar-refractivity contribution < 1.29 is 9.53 Å². The van der Waals surface area contributed by atoms with E-state index in [2.05, 4.69) is 10.1 Å². The first kappa shape index (κ1) is 9.56. The quantitative estimate of drug-likeness (QED) is 0.633. The van der Waals surface area contributed by atoms with Crippen molar-refractivity contribution in [1.82, 2.24) is 5.32 Å². The summed E-state index contributed by atoms with van der Waals surface area (Å²) in [4.78, 5) is 10.6. The fourth-order valence-corrected chi connectivity index (χ4v) is 0.498. The number of nitrogens with one attached hydrogen (secondary N) is 1. The Labute approximate surface area is 65.7 Å². The first-order valence-electron chi connectivity index (χ1n) is 3.13. The maximum absolute atomic E-state index is 10.6. The molecule has 0 bridgehead atoms. The van der Waals surface area contributed by atoms with Crippen LogP contribution in [0.1, 0.15) is 20.8 Å². The summed E-state index contributed by atoms with van der Waals surface area (Å²) in [5.74, 6) is 0. The monoisotopic (exact) mass is 165 g/mol. The molecule has 60 valence electrons. The van der Waals surface area contributed by atoms with Crippen LogP contribution in [-0.2, 0) is 4.74 Å². The Kier molecular flexibility index (Phi) is 4.19. The zero-order valence-electron chi connectivity index (χ0n) is 6.35. The molecule has 0 spiro atoms. The van der Waals surface area contributed by atoms with Crippen LogP contribution >= 0.6 is 11.6 Å². The van der Waals surface area contributed by atoms with Crippen molar-refractivity contribution in [1.29, 1.82) is 0 Å². The number of hydrogen-bond donors (Lipinski definition) is 1. The van der Waals surface area contributed by atoms with Crippen molar-refractivity contribution in [2.75, 3.05) is 0 Å². The second kappa shape index (κ2) is 4.39. The molecule has 1 atom stereocenters. The largest absolute Gasteiger partial charge is 0.430 e. The standard InChI is InChI=1S/C6H12ClNO2/c1-4(2)8-6(9)10-5(3)7/h4-5H,1-3H3,(H,8,9). The van der Waals surface area contributed by atoms with Crippen LogP contribution in [-0.4, -0.2) is 17.7 Å². The van der Waals surface area contributed by atoms with E-state index in [0.29, 0.717) is 0 Å². The number of halogens is 1. The van der Waals surface area contributed by atoms with E-state index >= 15 is 0 Å². The summed E-state index contributed by atoms with van der Waals surface area (Å²) < 4.78 is 4.58. The molecular formula is C6H12ClNO2. The SMILES string of the molecule is CC(C)NC(=O)OC(C)Cl. The van der Waals surface area contributed by atoms with Gasteiger partial charge in [0, 0.05) is 6.04 Å². The van der Waals surface area contributed by atoms with Gasteiger partial charge in [0.15, 0.2) is 5.56 Å². The molecule has 0 aromatic carbocycles. The summed E-state index contributed by atoms with van der Waals surface area (Å²) in [7, 11) is 0. The molecule has 0 saturated heterocycles. The van der Waals surface area contributed by atoms with Gasteiger partial charge in [-0.1, -0.05) is 11.6 Å². The summed E-state index contributed by atoms with van der Waals surface area (Å²) in [6.07, 6.45) is -0.475. The third-order valence-electron chi connectivity index (χ3n) is 0.676. The first-order valence-corrected chi connectivity index (χ1v) is 3.57. The minimum Gasteiger partial charge on any atom is -0.430 e. The molecule has 1 N–H and O–H groups in total. The summed E-state index contributed by atoms with van der Waals surface area (Å²) in [6, 6.07) is 0.0860. The van der Waals surface area contributed by atoms with Crippen molar-refractivity contribution in [3.05, 3.63) is 0 Å².